The molecule has 0 saturated carbocycles. The van der Waals surface area contributed by atoms with Crippen molar-refractivity contribution in [1.82, 2.24) is 4.90 Å². The van der Waals surface area contributed by atoms with E-state index in [0.717, 1.165) is 11.3 Å². The number of nitrogens with two attached hydrogens (primary N) is 1. The quantitative estimate of drug-likeness (QED) is 0.848. The van der Waals surface area contributed by atoms with E-state index in [-0.39, 0.29) is 24.0 Å². The molecule has 20 heavy (non-hydrogen) atoms. The maximum atomic E-state index is 11.9. The van der Waals surface area contributed by atoms with E-state index in [9.17, 15) is 13.2 Å². The summed E-state index contributed by atoms with van der Waals surface area (Å²) in [5, 5.41) is 5.02. The molecular weight excluding hydrogens is 280 g/mol. The Balaban J connectivity index is 2.01. The Morgan fingerprint density at radius 2 is 2.20 bits per heavy atom. The highest BCUT2D eigenvalue weighted by Crippen LogP contribution is 2.22. The third-order valence-corrected chi connectivity index (χ3v) is 4.21. The molecule has 0 spiro atoms. The monoisotopic (exact) mass is 298 g/mol. The Labute approximate surface area is 118 Å². The van der Waals surface area contributed by atoms with Gasteiger partial charge in [-0.25, -0.2) is 13.6 Å². The molecule has 6 nitrogen and oxygen atoms in total. The van der Waals surface area contributed by atoms with Gasteiger partial charge in [0, 0.05) is 25.4 Å². The number of methoxy groups -OCH3 is 1. The molecule has 1 heterocycles. The summed E-state index contributed by atoms with van der Waals surface area (Å²) < 4.78 is 27.3. The van der Waals surface area contributed by atoms with Crippen molar-refractivity contribution in [3.63, 3.8) is 0 Å². The van der Waals surface area contributed by atoms with Gasteiger partial charge in [0.1, 0.15) is 5.75 Å². The molecule has 0 aliphatic carbocycles. The van der Waals surface area contributed by atoms with Crippen LogP contribution >= 0.6 is 0 Å². The fraction of sp³-hybridized carbons (Fsp3) is 0.462. The number of carbonyl (C=O) groups is 1. The van der Waals surface area contributed by atoms with Gasteiger partial charge in [-0.05, 0) is 17.7 Å². The minimum Gasteiger partial charge on any atom is -0.497 e. The topological polar surface area (TPSA) is 89.7 Å². The third-order valence-electron chi connectivity index (χ3n) is 3.27. The molecule has 0 radical (unpaired) electrons. The van der Waals surface area contributed by atoms with Gasteiger partial charge in [0.2, 0.25) is 15.9 Å². The number of hydrogen-bond donors (Lipinski definition) is 1. The predicted octanol–water partition coefficient (Wildman–Crippen LogP) is 0.332. The van der Waals surface area contributed by atoms with Gasteiger partial charge in [0.15, 0.2) is 0 Å². The second-order valence-corrected chi connectivity index (χ2v) is 6.68. The van der Waals surface area contributed by atoms with Crippen molar-refractivity contribution in [2.45, 2.75) is 13.0 Å². The molecular formula is C13H18N2O4S. The van der Waals surface area contributed by atoms with Crippen molar-refractivity contribution in [1.29, 1.82) is 0 Å². The van der Waals surface area contributed by atoms with Gasteiger partial charge in [-0.1, -0.05) is 12.1 Å². The zero-order chi connectivity index (χ0) is 14.8. The van der Waals surface area contributed by atoms with Crippen molar-refractivity contribution >= 4 is 15.9 Å². The van der Waals surface area contributed by atoms with Crippen molar-refractivity contribution in [3.8, 4) is 5.75 Å². The zero-order valence-corrected chi connectivity index (χ0v) is 12.1. The van der Waals surface area contributed by atoms with Crippen LogP contribution in [0.5, 0.6) is 5.75 Å². The highest BCUT2D eigenvalue weighted by molar-refractivity contribution is 7.89. The molecule has 1 aliphatic rings. The summed E-state index contributed by atoms with van der Waals surface area (Å²) in [7, 11) is -1.95. The number of primary sulfonamides is 1. The number of hydrogen-bond acceptors (Lipinski definition) is 4. The fourth-order valence-corrected chi connectivity index (χ4v) is 3.32. The molecule has 2 N–H and O–H groups in total. The molecule has 1 amide bonds. The molecule has 1 fully saturated rings. The predicted molar refractivity (Wildman–Crippen MR) is 74.5 cm³/mol. The summed E-state index contributed by atoms with van der Waals surface area (Å²) >= 11 is 0. The maximum Gasteiger partial charge on any atom is 0.223 e. The lowest BCUT2D eigenvalue weighted by Gasteiger charge is -2.17. The van der Waals surface area contributed by atoms with E-state index in [0.29, 0.717) is 13.1 Å². The zero-order valence-electron chi connectivity index (χ0n) is 11.3. The van der Waals surface area contributed by atoms with Gasteiger partial charge in [-0.15, -0.1) is 0 Å². The van der Waals surface area contributed by atoms with E-state index in [1.807, 2.05) is 24.3 Å². The normalized spacial score (nSPS) is 19.4. The lowest BCUT2D eigenvalue weighted by Crippen LogP contribution is -2.27. The summed E-state index contributed by atoms with van der Waals surface area (Å²) in [4.78, 5) is 13.5. The summed E-state index contributed by atoms with van der Waals surface area (Å²) in [5.41, 5.74) is 0.953. The van der Waals surface area contributed by atoms with Gasteiger partial charge < -0.3 is 9.64 Å². The Bertz CT molecular complexity index is 600. The standard InChI is InChI=1S/C13H18N2O4S/c1-19-12-4-2-3-10(5-12)7-15-8-11(6-13(15)16)9-20(14,17)18/h2-5,11H,6-9H2,1H3,(H2,14,17,18). The number of amides is 1. The van der Waals surface area contributed by atoms with Gasteiger partial charge >= 0.3 is 0 Å². The second kappa shape index (κ2) is 5.80. The van der Waals surface area contributed by atoms with Crippen LogP contribution in [-0.2, 0) is 21.4 Å². The molecule has 0 bridgehead atoms. The van der Waals surface area contributed by atoms with Crippen LogP contribution in [0, 0.1) is 5.92 Å². The van der Waals surface area contributed by atoms with E-state index >= 15 is 0 Å². The summed E-state index contributed by atoms with van der Waals surface area (Å²) in [5.74, 6) is 0.327. The van der Waals surface area contributed by atoms with Crippen LogP contribution in [0.4, 0.5) is 0 Å². The summed E-state index contributed by atoms with van der Waals surface area (Å²) in [6.45, 7) is 0.879. The molecule has 110 valence electrons. The molecule has 2 rings (SSSR count). The summed E-state index contributed by atoms with van der Waals surface area (Å²) in [6.07, 6.45) is 0.237. The molecule has 7 heteroatoms. The SMILES string of the molecule is COc1cccc(CN2CC(CS(N)(=O)=O)CC2=O)c1. The van der Waals surface area contributed by atoms with Crippen LogP contribution in [0.1, 0.15) is 12.0 Å². The first-order valence-electron chi connectivity index (χ1n) is 6.28. The number of carbonyl (C=O) groups excluding carboxylic acids is 1. The molecule has 0 aromatic heterocycles. The van der Waals surface area contributed by atoms with Crippen molar-refractivity contribution in [3.05, 3.63) is 29.8 Å². The van der Waals surface area contributed by atoms with Gasteiger partial charge in [0.05, 0.1) is 12.9 Å². The average molecular weight is 298 g/mol. The van der Waals surface area contributed by atoms with Crippen LogP contribution in [-0.4, -0.2) is 38.6 Å². The highest BCUT2D eigenvalue weighted by Gasteiger charge is 2.31. The van der Waals surface area contributed by atoms with Crippen LogP contribution in [0.3, 0.4) is 0 Å². The van der Waals surface area contributed by atoms with Gasteiger partial charge in [-0.3, -0.25) is 4.79 Å². The maximum absolute atomic E-state index is 11.9. The van der Waals surface area contributed by atoms with Crippen molar-refractivity contribution in [2.75, 3.05) is 19.4 Å². The van der Waals surface area contributed by atoms with E-state index in [2.05, 4.69) is 0 Å². The van der Waals surface area contributed by atoms with E-state index in [1.54, 1.807) is 12.0 Å². The van der Waals surface area contributed by atoms with E-state index < -0.39 is 10.0 Å². The lowest BCUT2D eigenvalue weighted by molar-refractivity contribution is -0.128. The number of likely N-dealkylation sites (tertiary alicyclic amines) is 1. The number of ether oxygens (including phenoxy) is 1. The van der Waals surface area contributed by atoms with Crippen molar-refractivity contribution in [2.24, 2.45) is 11.1 Å². The Hall–Kier alpha value is -1.60. The summed E-state index contributed by atoms with van der Waals surface area (Å²) in [6, 6.07) is 7.46. The first-order chi connectivity index (χ1) is 9.37. The Kier molecular flexibility index (Phi) is 4.29. The first-order valence-corrected chi connectivity index (χ1v) is 8.00. The van der Waals surface area contributed by atoms with Crippen LogP contribution in [0.25, 0.3) is 0 Å². The largest absolute Gasteiger partial charge is 0.497 e. The first kappa shape index (κ1) is 14.8. The number of nitrogens with zero attached hydrogens (tertiary/aromatic N) is 1. The number of benzene rings is 1. The Morgan fingerprint density at radius 1 is 1.45 bits per heavy atom. The van der Waals surface area contributed by atoms with Crippen LogP contribution in [0.15, 0.2) is 24.3 Å². The van der Waals surface area contributed by atoms with Crippen LogP contribution in [0.2, 0.25) is 0 Å². The van der Waals surface area contributed by atoms with Gasteiger partial charge in [-0.2, -0.15) is 0 Å². The minimum absolute atomic E-state index is 0.0403. The van der Waals surface area contributed by atoms with Crippen LogP contribution < -0.4 is 9.88 Å². The second-order valence-electron chi connectivity index (χ2n) is 5.03. The van der Waals surface area contributed by atoms with Crippen molar-refractivity contribution < 1.29 is 17.9 Å². The lowest BCUT2D eigenvalue weighted by atomic mass is 10.1. The minimum atomic E-state index is -3.54. The molecule has 1 aromatic rings. The molecule has 1 atom stereocenters. The smallest absolute Gasteiger partial charge is 0.223 e. The highest BCUT2D eigenvalue weighted by atomic mass is 32.2. The molecule has 1 aromatic carbocycles. The third kappa shape index (κ3) is 3.94. The molecule has 1 unspecified atom stereocenters. The van der Waals surface area contributed by atoms with E-state index in [4.69, 9.17) is 9.88 Å². The molecule has 1 aliphatic heterocycles. The average Bonchev–Trinajstić information content (AvgIpc) is 2.67. The number of sulfonamides is 1. The number of rotatable bonds is 5. The Morgan fingerprint density at radius 3 is 2.85 bits per heavy atom. The van der Waals surface area contributed by atoms with Gasteiger partial charge in [0.25, 0.3) is 0 Å². The fourth-order valence-electron chi connectivity index (χ4n) is 2.44. The molecule has 1 saturated heterocycles. The van der Waals surface area contributed by atoms with E-state index in [1.165, 1.54) is 0 Å².